The smallest absolute Gasteiger partial charge is 0.171 e. The molecule has 1 N–H and O–H groups in total. The molecule has 2 nitrogen and oxygen atoms in total. The molecule has 0 amide bonds. The molecular weight excluding hydrogens is 374 g/mol. The maximum absolute atomic E-state index is 8.93. The maximum Gasteiger partial charge on any atom is 0.171 e. The fraction of sp³-hybridized carbons (Fsp3) is 0.500. The quantitative estimate of drug-likeness (QED) is 0.441. The van der Waals surface area contributed by atoms with Gasteiger partial charge in [-0.05, 0) is 55.7 Å². The van der Waals surface area contributed by atoms with Crippen LogP contribution in [0.1, 0.15) is 55.7 Å². The van der Waals surface area contributed by atoms with Crippen LogP contribution in [0.4, 0.5) is 0 Å². The summed E-state index contributed by atoms with van der Waals surface area (Å²) in [6, 6.07) is 13.4. The van der Waals surface area contributed by atoms with E-state index in [0.29, 0.717) is 0 Å². The van der Waals surface area contributed by atoms with Gasteiger partial charge in [-0.1, -0.05) is 37.6 Å². The van der Waals surface area contributed by atoms with Gasteiger partial charge < -0.3 is 22.1 Å². The lowest BCUT2D eigenvalue weighted by molar-refractivity contribution is -0.697. The lowest BCUT2D eigenvalue weighted by Gasteiger charge is -2.04. The predicted octanol–water partition coefficient (Wildman–Crippen LogP) is 1.27. The van der Waals surface area contributed by atoms with Gasteiger partial charge in [0.05, 0.1) is 0 Å². The molecule has 0 spiro atoms. The van der Waals surface area contributed by atoms with Crippen LogP contribution >= 0.6 is 0 Å². The number of rotatable bonds is 11. The molecule has 3 heteroatoms. The molecule has 0 aliphatic carbocycles. The van der Waals surface area contributed by atoms with E-state index < -0.39 is 0 Å². The Bertz CT molecular complexity index is 583. The zero-order valence-electron chi connectivity index (χ0n) is 15.5. The fourth-order valence-electron chi connectivity index (χ4n) is 3.02. The summed E-state index contributed by atoms with van der Waals surface area (Å²) in [6.45, 7) is 3.59. The molecule has 2 rings (SSSR count). The molecule has 0 aliphatic rings. The molecule has 0 unspecified atom stereocenters. The van der Waals surface area contributed by atoms with Gasteiger partial charge in [0.1, 0.15) is 6.54 Å². The third kappa shape index (κ3) is 8.64. The summed E-state index contributed by atoms with van der Waals surface area (Å²) in [5.74, 6) is 0. The summed E-state index contributed by atoms with van der Waals surface area (Å²) >= 11 is 0. The van der Waals surface area contributed by atoms with Gasteiger partial charge in [-0.3, -0.25) is 0 Å². The van der Waals surface area contributed by atoms with Gasteiger partial charge in [0.2, 0.25) is 0 Å². The van der Waals surface area contributed by atoms with Gasteiger partial charge in [0.25, 0.3) is 0 Å². The highest BCUT2D eigenvalue weighted by Gasteiger charge is 2.03. The molecule has 0 saturated heterocycles. The van der Waals surface area contributed by atoms with Crippen LogP contribution in [0.25, 0.3) is 0 Å². The van der Waals surface area contributed by atoms with Gasteiger partial charge in [-0.2, -0.15) is 0 Å². The SMILES string of the molecule is CCCCc1ccc(CCCC[n+]2cccc(CCCO)c2)cc1.[Br-]. The Morgan fingerprint density at radius 1 is 0.800 bits per heavy atom. The summed E-state index contributed by atoms with van der Waals surface area (Å²) in [4.78, 5) is 0. The van der Waals surface area contributed by atoms with Crippen molar-refractivity contribution < 1.29 is 26.7 Å². The molecule has 0 bridgehead atoms. The van der Waals surface area contributed by atoms with Crippen LogP contribution in [-0.4, -0.2) is 11.7 Å². The van der Waals surface area contributed by atoms with Crippen molar-refractivity contribution in [1.29, 1.82) is 0 Å². The summed E-state index contributed by atoms with van der Waals surface area (Å²) in [5.41, 5.74) is 4.24. The Labute approximate surface area is 163 Å². The van der Waals surface area contributed by atoms with Crippen molar-refractivity contribution in [3.63, 3.8) is 0 Å². The number of halogens is 1. The summed E-state index contributed by atoms with van der Waals surface area (Å²) in [5, 5.41) is 8.93. The average molecular weight is 406 g/mol. The summed E-state index contributed by atoms with van der Waals surface area (Å²) in [7, 11) is 0. The Morgan fingerprint density at radius 2 is 1.44 bits per heavy atom. The van der Waals surface area contributed by atoms with Crippen molar-refractivity contribution in [1.82, 2.24) is 0 Å². The van der Waals surface area contributed by atoms with E-state index in [2.05, 4.69) is 60.3 Å². The maximum atomic E-state index is 8.93. The molecule has 25 heavy (non-hydrogen) atoms. The Morgan fingerprint density at radius 3 is 2.08 bits per heavy atom. The second-order valence-corrected chi connectivity index (χ2v) is 6.65. The zero-order chi connectivity index (χ0) is 17.0. The number of pyridine rings is 1. The third-order valence-electron chi connectivity index (χ3n) is 4.52. The van der Waals surface area contributed by atoms with Crippen molar-refractivity contribution in [2.75, 3.05) is 6.61 Å². The molecule has 1 heterocycles. The monoisotopic (exact) mass is 405 g/mol. The number of aliphatic hydroxyl groups excluding tert-OH is 1. The van der Waals surface area contributed by atoms with E-state index in [9.17, 15) is 0 Å². The Kier molecular flexibility index (Phi) is 11.4. The minimum Gasteiger partial charge on any atom is -1.00 e. The first-order chi connectivity index (χ1) is 11.8. The topological polar surface area (TPSA) is 24.1 Å². The molecule has 0 aliphatic heterocycles. The van der Waals surface area contributed by atoms with Crippen LogP contribution in [-0.2, 0) is 25.8 Å². The molecule has 1 aromatic heterocycles. The highest BCUT2D eigenvalue weighted by Crippen LogP contribution is 2.10. The van der Waals surface area contributed by atoms with E-state index in [1.165, 1.54) is 55.2 Å². The lowest BCUT2D eigenvalue weighted by atomic mass is 10.0. The largest absolute Gasteiger partial charge is 1.00 e. The number of hydrogen-bond acceptors (Lipinski definition) is 1. The van der Waals surface area contributed by atoms with Gasteiger partial charge in [-0.25, -0.2) is 4.57 Å². The van der Waals surface area contributed by atoms with Gasteiger partial charge in [-0.15, -0.1) is 0 Å². The minimum atomic E-state index is 0. The van der Waals surface area contributed by atoms with E-state index in [4.69, 9.17) is 5.11 Å². The summed E-state index contributed by atoms with van der Waals surface area (Å²) < 4.78 is 2.28. The predicted molar refractivity (Wildman–Crippen MR) is 100 cm³/mol. The number of hydrogen-bond donors (Lipinski definition) is 1. The number of benzene rings is 1. The van der Waals surface area contributed by atoms with E-state index >= 15 is 0 Å². The Balaban J connectivity index is 0.00000312. The van der Waals surface area contributed by atoms with Crippen LogP contribution in [0.3, 0.4) is 0 Å². The average Bonchev–Trinajstić information content (AvgIpc) is 2.63. The van der Waals surface area contributed by atoms with Crippen molar-refractivity contribution >= 4 is 0 Å². The molecule has 2 aromatic rings. The Hall–Kier alpha value is -1.19. The van der Waals surface area contributed by atoms with Crippen molar-refractivity contribution in [2.45, 2.75) is 64.8 Å². The molecule has 0 radical (unpaired) electrons. The highest BCUT2D eigenvalue weighted by atomic mass is 79.9. The first-order valence-electron chi connectivity index (χ1n) is 9.48. The standard InChI is InChI=1S/C22H32NO.BrH/c1-2-3-8-20-12-14-21(15-13-20)9-4-5-16-23-17-6-10-22(19-23)11-7-18-24;/h6,10,12-15,17,19,24H,2-5,7-9,11,16,18H2,1H3;1H/q+1;/p-1. The number of aliphatic hydroxyl groups is 1. The fourth-order valence-corrected chi connectivity index (χ4v) is 3.02. The summed E-state index contributed by atoms with van der Waals surface area (Å²) in [6.07, 6.45) is 13.5. The number of aromatic nitrogens is 1. The van der Waals surface area contributed by atoms with Gasteiger partial charge in [0.15, 0.2) is 12.4 Å². The first kappa shape index (κ1) is 21.9. The third-order valence-corrected chi connectivity index (χ3v) is 4.52. The minimum absolute atomic E-state index is 0. The van der Waals surface area contributed by atoms with Crippen molar-refractivity contribution in [3.05, 3.63) is 65.5 Å². The normalized spacial score (nSPS) is 10.5. The number of unbranched alkanes of at least 4 members (excludes halogenated alkanes) is 2. The second kappa shape index (κ2) is 13.1. The van der Waals surface area contributed by atoms with Crippen LogP contribution in [0.15, 0.2) is 48.8 Å². The number of nitrogens with zero attached hydrogens (tertiary/aromatic N) is 1. The second-order valence-electron chi connectivity index (χ2n) is 6.65. The molecule has 138 valence electrons. The molecular formula is C22H32BrNO. The van der Waals surface area contributed by atoms with Crippen LogP contribution < -0.4 is 21.5 Å². The van der Waals surface area contributed by atoms with Crippen molar-refractivity contribution in [3.8, 4) is 0 Å². The van der Waals surface area contributed by atoms with Crippen LogP contribution in [0.5, 0.6) is 0 Å². The first-order valence-corrected chi connectivity index (χ1v) is 9.48. The molecule has 1 aromatic carbocycles. The van der Waals surface area contributed by atoms with Gasteiger partial charge >= 0.3 is 0 Å². The van der Waals surface area contributed by atoms with Crippen LogP contribution in [0, 0.1) is 0 Å². The number of aryl methyl sites for hydroxylation is 4. The van der Waals surface area contributed by atoms with Crippen LogP contribution in [0.2, 0.25) is 0 Å². The van der Waals surface area contributed by atoms with E-state index in [1.54, 1.807) is 0 Å². The van der Waals surface area contributed by atoms with Crippen molar-refractivity contribution in [2.24, 2.45) is 0 Å². The van der Waals surface area contributed by atoms with Gasteiger partial charge in [0, 0.05) is 24.7 Å². The van der Waals surface area contributed by atoms with E-state index in [1.807, 2.05) is 0 Å². The highest BCUT2D eigenvalue weighted by molar-refractivity contribution is 5.22. The molecule has 0 fully saturated rings. The van der Waals surface area contributed by atoms with E-state index in [0.717, 1.165) is 19.4 Å². The lowest BCUT2D eigenvalue weighted by Crippen LogP contribution is -3.00. The molecule has 0 atom stereocenters. The molecule has 0 saturated carbocycles. The van der Waals surface area contributed by atoms with E-state index in [-0.39, 0.29) is 23.6 Å². The zero-order valence-corrected chi connectivity index (χ0v) is 17.0.